The Kier molecular flexibility index (Phi) is 1.69. The molecule has 0 amide bonds. The molecular weight excluding hydrogens is 160 g/mol. The molecule has 0 aromatic rings. The van der Waals surface area contributed by atoms with E-state index in [4.69, 9.17) is 5.73 Å². The second kappa shape index (κ2) is 2.41. The summed E-state index contributed by atoms with van der Waals surface area (Å²) in [5.41, 5.74) is 5.77. The molecule has 0 aliphatic heterocycles. The molecular formula is C9H15F2N. The highest BCUT2D eigenvalue weighted by Gasteiger charge is 2.56. The first-order chi connectivity index (χ1) is 5.58. The molecule has 70 valence electrons. The third kappa shape index (κ3) is 1.24. The Morgan fingerprint density at radius 3 is 2.17 bits per heavy atom. The molecule has 12 heavy (non-hydrogen) atoms. The standard InChI is InChI=1S/C9H15F2N/c10-9(11)3-1-8(2-4-9)5-7(8)6-12/h7H,1-6,12H2. The summed E-state index contributed by atoms with van der Waals surface area (Å²) in [5, 5.41) is 0. The molecule has 2 fully saturated rings. The van der Waals surface area contributed by atoms with E-state index in [-0.39, 0.29) is 18.3 Å². The lowest BCUT2D eigenvalue weighted by molar-refractivity contribution is -0.0516. The Morgan fingerprint density at radius 1 is 1.17 bits per heavy atom. The number of rotatable bonds is 1. The van der Waals surface area contributed by atoms with E-state index < -0.39 is 5.92 Å². The van der Waals surface area contributed by atoms with Gasteiger partial charge in [-0.3, -0.25) is 0 Å². The maximum atomic E-state index is 12.8. The summed E-state index contributed by atoms with van der Waals surface area (Å²) in [4.78, 5) is 0. The van der Waals surface area contributed by atoms with E-state index in [0.717, 1.165) is 6.42 Å². The fourth-order valence-electron chi connectivity index (χ4n) is 2.49. The first-order valence-corrected chi connectivity index (χ1v) is 4.66. The molecule has 0 bridgehead atoms. The van der Waals surface area contributed by atoms with Gasteiger partial charge in [-0.2, -0.15) is 0 Å². The molecule has 1 unspecified atom stereocenters. The summed E-state index contributed by atoms with van der Waals surface area (Å²) >= 11 is 0. The molecule has 0 saturated heterocycles. The summed E-state index contributed by atoms with van der Waals surface area (Å²) in [7, 11) is 0. The van der Waals surface area contributed by atoms with Crippen molar-refractivity contribution in [2.75, 3.05) is 6.54 Å². The molecule has 0 aromatic heterocycles. The molecule has 0 radical (unpaired) electrons. The Hall–Kier alpha value is -0.180. The van der Waals surface area contributed by atoms with Gasteiger partial charge in [-0.05, 0) is 37.1 Å². The van der Waals surface area contributed by atoms with Crippen molar-refractivity contribution in [3.05, 3.63) is 0 Å². The van der Waals surface area contributed by atoms with E-state index >= 15 is 0 Å². The topological polar surface area (TPSA) is 26.0 Å². The Labute approximate surface area is 71.3 Å². The van der Waals surface area contributed by atoms with Gasteiger partial charge in [-0.25, -0.2) is 8.78 Å². The molecule has 2 aliphatic carbocycles. The molecule has 1 nitrogen and oxygen atoms in total. The molecule has 2 rings (SSSR count). The summed E-state index contributed by atoms with van der Waals surface area (Å²) in [5.74, 6) is -1.83. The first kappa shape index (κ1) is 8.42. The minimum absolute atomic E-state index is 0.0868. The van der Waals surface area contributed by atoms with E-state index in [1.165, 1.54) is 0 Å². The number of hydrogen-bond donors (Lipinski definition) is 1. The molecule has 2 N–H and O–H groups in total. The van der Waals surface area contributed by atoms with Crippen LogP contribution in [-0.4, -0.2) is 12.5 Å². The maximum Gasteiger partial charge on any atom is 0.248 e. The van der Waals surface area contributed by atoms with Gasteiger partial charge in [0, 0.05) is 12.8 Å². The van der Waals surface area contributed by atoms with Crippen LogP contribution in [0.3, 0.4) is 0 Å². The van der Waals surface area contributed by atoms with Crippen LogP contribution in [0, 0.1) is 11.3 Å². The lowest BCUT2D eigenvalue weighted by Crippen LogP contribution is -2.27. The van der Waals surface area contributed by atoms with Gasteiger partial charge >= 0.3 is 0 Å². The van der Waals surface area contributed by atoms with Gasteiger partial charge in [0.1, 0.15) is 0 Å². The fourth-order valence-corrected chi connectivity index (χ4v) is 2.49. The van der Waals surface area contributed by atoms with Crippen LogP contribution in [0.1, 0.15) is 32.1 Å². The average molecular weight is 175 g/mol. The smallest absolute Gasteiger partial charge is 0.248 e. The number of hydrogen-bond acceptors (Lipinski definition) is 1. The van der Waals surface area contributed by atoms with Crippen molar-refractivity contribution >= 4 is 0 Å². The zero-order chi connectivity index (χ0) is 8.82. The van der Waals surface area contributed by atoms with Gasteiger partial charge in [0.05, 0.1) is 0 Å². The van der Waals surface area contributed by atoms with Crippen LogP contribution in [0.2, 0.25) is 0 Å². The van der Waals surface area contributed by atoms with E-state index in [9.17, 15) is 8.78 Å². The van der Waals surface area contributed by atoms with Crippen molar-refractivity contribution in [3.63, 3.8) is 0 Å². The third-order valence-corrected chi connectivity index (χ3v) is 3.62. The largest absolute Gasteiger partial charge is 0.330 e. The van der Waals surface area contributed by atoms with Crippen LogP contribution in [-0.2, 0) is 0 Å². The van der Waals surface area contributed by atoms with Gasteiger partial charge in [-0.1, -0.05) is 0 Å². The van der Waals surface area contributed by atoms with Crippen LogP contribution in [0.25, 0.3) is 0 Å². The molecule has 0 heterocycles. The first-order valence-electron chi connectivity index (χ1n) is 4.66. The normalized spacial score (nSPS) is 36.8. The molecule has 0 aromatic carbocycles. The second-order valence-corrected chi connectivity index (χ2v) is 4.36. The molecule has 2 aliphatic rings. The predicted molar refractivity (Wildman–Crippen MR) is 43.0 cm³/mol. The quantitative estimate of drug-likeness (QED) is 0.649. The lowest BCUT2D eigenvalue weighted by atomic mass is 9.82. The van der Waals surface area contributed by atoms with Crippen molar-refractivity contribution in [2.45, 2.75) is 38.0 Å². The van der Waals surface area contributed by atoms with Crippen LogP contribution in [0.5, 0.6) is 0 Å². The number of nitrogens with two attached hydrogens (primary N) is 1. The second-order valence-electron chi connectivity index (χ2n) is 4.36. The van der Waals surface area contributed by atoms with Crippen LogP contribution < -0.4 is 5.73 Å². The number of halogens is 2. The van der Waals surface area contributed by atoms with Crippen molar-refractivity contribution in [2.24, 2.45) is 17.1 Å². The van der Waals surface area contributed by atoms with Crippen molar-refractivity contribution in [3.8, 4) is 0 Å². The Morgan fingerprint density at radius 2 is 1.75 bits per heavy atom. The summed E-state index contributed by atoms with van der Waals surface area (Å²) < 4.78 is 25.6. The van der Waals surface area contributed by atoms with Crippen molar-refractivity contribution < 1.29 is 8.78 Å². The molecule has 1 atom stereocenters. The van der Waals surface area contributed by atoms with Crippen LogP contribution in [0.4, 0.5) is 8.78 Å². The lowest BCUT2D eigenvalue weighted by Gasteiger charge is -2.29. The molecule has 3 heteroatoms. The van der Waals surface area contributed by atoms with Crippen molar-refractivity contribution in [1.82, 2.24) is 0 Å². The van der Waals surface area contributed by atoms with E-state index in [1.807, 2.05) is 0 Å². The van der Waals surface area contributed by atoms with Crippen molar-refractivity contribution in [1.29, 1.82) is 0 Å². The van der Waals surface area contributed by atoms with Crippen LogP contribution in [0.15, 0.2) is 0 Å². The van der Waals surface area contributed by atoms with Gasteiger partial charge in [0.15, 0.2) is 0 Å². The summed E-state index contributed by atoms with van der Waals surface area (Å²) in [6.45, 7) is 0.686. The van der Waals surface area contributed by atoms with Gasteiger partial charge in [0.2, 0.25) is 5.92 Å². The molecule has 1 spiro atoms. The van der Waals surface area contributed by atoms with Gasteiger partial charge in [-0.15, -0.1) is 0 Å². The Bertz CT molecular complexity index is 181. The van der Waals surface area contributed by atoms with Gasteiger partial charge in [0.25, 0.3) is 0 Å². The fraction of sp³-hybridized carbons (Fsp3) is 1.00. The van der Waals surface area contributed by atoms with E-state index in [2.05, 4.69) is 0 Å². The van der Waals surface area contributed by atoms with Crippen LogP contribution >= 0.6 is 0 Å². The van der Waals surface area contributed by atoms with Gasteiger partial charge < -0.3 is 5.73 Å². The van der Waals surface area contributed by atoms with E-state index in [1.54, 1.807) is 0 Å². The summed E-state index contributed by atoms with van der Waals surface area (Å²) in [6, 6.07) is 0. The Balaban J connectivity index is 1.92. The minimum atomic E-state index is -2.38. The zero-order valence-electron chi connectivity index (χ0n) is 7.15. The minimum Gasteiger partial charge on any atom is -0.330 e. The number of alkyl halides is 2. The SMILES string of the molecule is NCC1CC12CCC(F)(F)CC2. The predicted octanol–water partition coefficient (Wildman–Crippen LogP) is 2.16. The average Bonchev–Trinajstić information content (AvgIpc) is 2.72. The third-order valence-electron chi connectivity index (χ3n) is 3.62. The highest BCUT2D eigenvalue weighted by molar-refractivity contribution is 5.05. The highest BCUT2D eigenvalue weighted by Crippen LogP contribution is 2.62. The maximum absolute atomic E-state index is 12.8. The molecule has 2 saturated carbocycles. The highest BCUT2D eigenvalue weighted by atomic mass is 19.3. The zero-order valence-corrected chi connectivity index (χ0v) is 7.15. The monoisotopic (exact) mass is 175 g/mol. The van der Waals surface area contributed by atoms with E-state index in [0.29, 0.717) is 25.3 Å². The summed E-state index contributed by atoms with van der Waals surface area (Å²) in [6.07, 6.45) is 2.66.